The van der Waals surface area contributed by atoms with E-state index in [0.717, 1.165) is 21.5 Å². The van der Waals surface area contributed by atoms with Crippen LogP contribution in [0.1, 0.15) is 20.7 Å². The molecule has 0 aliphatic heterocycles. The minimum Gasteiger partial charge on any atom is -0.478 e. The molecule has 0 aromatic heterocycles. The van der Waals surface area contributed by atoms with Crippen molar-refractivity contribution in [1.29, 1.82) is 0 Å². The summed E-state index contributed by atoms with van der Waals surface area (Å²) in [7, 11) is 0. The summed E-state index contributed by atoms with van der Waals surface area (Å²) in [5, 5.41) is 21.5. The first-order chi connectivity index (χ1) is 12.5. The van der Waals surface area contributed by atoms with Gasteiger partial charge in [0.05, 0.1) is 11.1 Å². The van der Waals surface area contributed by atoms with Crippen molar-refractivity contribution < 1.29 is 19.8 Å². The van der Waals surface area contributed by atoms with E-state index in [9.17, 15) is 9.59 Å². The number of hydrogen-bond donors (Lipinski definition) is 2. The Labute approximate surface area is 172 Å². The molecule has 0 aliphatic carbocycles. The van der Waals surface area contributed by atoms with Crippen LogP contribution in [0.15, 0.2) is 84.9 Å². The third-order valence-electron chi connectivity index (χ3n) is 3.99. The van der Waals surface area contributed by atoms with E-state index < -0.39 is 11.9 Å². The quantitative estimate of drug-likeness (QED) is 0.503. The first-order valence-electron chi connectivity index (χ1n) is 7.99. The van der Waals surface area contributed by atoms with Gasteiger partial charge >= 0.3 is 11.9 Å². The summed E-state index contributed by atoms with van der Waals surface area (Å²) in [6, 6.07) is 25.6. The second-order valence-corrected chi connectivity index (χ2v) is 5.73. The molecule has 0 saturated carbocycles. The van der Waals surface area contributed by atoms with E-state index in [1.165, 1.54) is 0 Å². The highest BCUT2D eigenvalue weighted by molar-refractivity contribution is 5.95. The molecule has 0 spiro atoms. The summed E-state index contributed by atoms with van der Waals surface area (Å²) in [5.74, 6) is -1.77. The number of carbonyl (C=O) groups is 2. The van der Waals surface area contributed by atoms with E-state index in [-0.39, 0.29) is 23.1 Å². The van der Waals surface area contributed by atoms with Crippen molar-refractivity contribution in [3.8, 4) is 0 Å². The Bertz CT molecular complexity index is 1020. The number of carboxylic acid groups (broad SMARTS) is 2. The Balaban J connectivity index is 0.000000187. The van der Waals surface area contributed by atoms with Gasteiger partial charge in [-0.15, -0.1) is 0 Å². The van der Waals surface area contributed by atoms with Crippen molar-refractivity contribution >= 4 is 56.5 Å². The van der Waals surface area contributed by atoms with Crippen molar-refractivity contribution in [3.05, 3.63) is 96.1 Å². The number of aromatic carboxylic acids is 2. The van der Waals surface area contributed by atoms with Crippen molar-refractivity contribution in [2.24, 2.45) is 0 Å². The van der Waals surface area contributed by atoms with Crippen LogP contribution in [0.2, 0.25) is 0 Å². The fourth-order valence-electron chi connectivity index (χ4n) is 2.64. The molecule has 4 aromatic carbocycles. The maximum atomic E-state index is 10.6. The van der Waals surface area contributed by atoms with Gasteiger partial charge in [-0.05, 0) is 45.8 Å². The lowest BCUT2D eigenvalue weighted by Gasteiger charge is -1.98. The van der Waals surface area contributed by atoms with Crippen LogP contribution in [0.25, 0.3) is 21.5 Å². The summed E-state index contributed by atoms with van der Waals surface area (Å²) >= 11 is 0. The predicted molar refractivity (Wildman–Crippen MR) is 108 cm³/mol. The van der Waals surface area contributed by atoms with Gasteiger partial charge in [-0.2, -0.15) is 0 Å². The second-order valence-electron chi connectivity index (χ2n) is 5.73. The van der Waals surface area contributed by atoms with Crippen LogP contribution in [0, 0.1) is 0 Å². The van der Waals surface area contributed by atoms with Gasteiger partial charge in [0.2, 0.25) is 0 Å². The van der Waals surface area contributed by atoms with E-state index >= 15 is 0 Å². The number of benzene rings is 4. The molecule has 0 unspecified atom stereocenters. The molecular weight excluding hydrogens is 353 g/mol. The average Bonchev–Trinajstić information content (AvgIpc) is 2.67. The highest BCUT2D eigenvalue weighted by Crippen LogP contribution is 2.16. The monoisotopic (exact) mass is 368 g/mol. The van der Waals surface area contributed by atoms with Gasteiger partial charge in [0.25, 0.3) is 0 Å². The molecule has 0 atom stereocenters. The lowest BCUT2D eigenvalue weighted by Crippen LogP contribution is -1.94. The smallest absolute Gasteiger partial charge is 0.335 e. The normalized spacial score (nSPS) is 9.78. The third-order valence-corrected chi connectivity index (χ3v) is 3.99. The minimum atomic E-state index is -0.884. The van der Waals surface area contributed by atoms with E-state index in [1.807, 2.05) is 60.7 Å². The Hall–Kier alpha value is -2.89. The molecule has 0 bridgehead atoms. The molecule has 2 radical (unpaired) electrons. The molecule has 0 aliphatic rings. The molecule has 130 valence electrons. The zero-order valence-electron chi connectivity index (χ0n) is 14.5. The SMILES string of the molecule is O=C(O)c1ccc2ccccc2c1.O=C(O)c1ccc2ccccc2c1.[Mg]. The standard InChI is InChI=1S/2C11H8O2.Mg/c2*12-11(13)10-6-5-8-3-1-2-4-9(8)7-10;/h2*1-7H,(H,12,13);. The van der Waals surface area contributed by atoms with Gasteiger partial charge in [0.1, 0.15) is 0 Å². The van der Waals surface area contributed by atoms with Crippen LogP contribution in [-0.2, 0) is 0 Å². The molecule has 5 heteroatoms. The van der Waals surface area contributed by atoms with E-state index in [2.05, 4.69) is 0 Å². The fourth-order valence-corrected chi connectivity index (χ4v) is 2.64. The van der Waals surface area contributed by atoms with Crippen LogP contribution in [0.5, 0.6) is 0 Å². The molecule has 0 heterocycles. The highest BCUT2D eigenvalue weighted by Gasteiger charge is 2.02. The minimum absolute atomic E-state index is 0. The zero-order valence-corrected chi connectivity index (χ0v) is 15.9. The first-order valence-corrected chi connectivity index (χ1v) is 7.99. The van der Waals surface area contributed by atoms with Crippen molar-refractivity contribution in [3.63, 3.8) is 0 Å². The van der Waals surface area contributed by atoms with Gasteiger partial charge in [-0.3, -0.25) is 0 Å². The molecule has 0 fully saturated rings. The number of rotatable bonds is 2. The largest absolute Gasteiger partial charge is 0.478 e. The molecule has 0 saturated heterocycles. The molecule has 0 amide bonds. The van der Waals surface area contributed by atoms with Gasteiger partial charge in [-0.25, -0.2) is 9.59 Å². The van der Waals surface area contributed by atoms with E-state index in [0.29, 0.717) is 11.1 Å². The van der Waals surface area contributed by atoms with Crippen LogP contribution >= 0.6 is 0 Å². The maximum Gasteiger partial charge on any atom is 0.335 e. The van der Waals surface area contributed by atoms with Crippen LogP contribution in [0.3, 0.4) is 0 Å². The molecule has 2 N–H and O–H groups in total. The molecule has 4 aromatic rings. The lowest BCUT2D eigenvalue weighted by molar-refractivity contribution is 0.0686. The van der Waals surface area contributed by atoms with Crippen LogP contribution in [0.4, 0.5) is 0 Å². The maximum absolute atomic E-state index is 10.6. The summed E-state index contributed by atoms with van der Waals surface area (Å²) in [6.45, 7) is 0. The predicted octanol–water partition coefficient (Wildman–Crippen LogP) is 4.70. The van der Waals surface area contributed by atoms with Gasteiger partial charge in [-0.1, -0.05) is 60.7 Å². The average molecular weight is 369 g/mol. The fraction of sp³-hybridized carbons (Fsp3) is 0. The first kappa shape index (κ1) is 20.4. The molecular formula is C22H16MgO4. The number of carboxylic acids is 2. The molecule has 4 nitrogen and oxygen atoms in total. The van der Waals surface area contributed by atoms with Gasteiger partial charge < -0.3 is 10.2 Å². The zero-order chi connectivity index (χ0) is 18.5. The summed E-state index contributed by atoms with van der Waals surface area (Å²) in [4.78, 5) is 21.3. The van der Waals surface area contributed by atoms with Crippen LogP contribution < -0.4 is 0 Å². The lowest BCUT2D eigenvalue weighted by atomic mass is 10.1. The van der Waals surface area contributed by atoms with Gasteiger partial charge in [0.15, 0.2) is 0 Å². The number of hydrogen-bond acceptors (Lipinski definition) is 2. The molecule has 27 heavy (non-hydrogen) atoms. The Morgan fingerprint density at radius 1 is 0.519 bits per heavy atom. The Kier molecular flexibility index (Phi) is 6.93. The van der Waals surface area contributed by atoms with E-state index in [1.54, 1.807) is 24.3 Å². The van der Waals surface area contributed by atoms with Gasteiger partial charge in [0, 0.05) is 23.1 Å². The summed E-state index contributed by atoms with van der Waals surface area (Å²) in [6.07, 6.45) is 0. The van der Waals surface area contributed by atoms with Crippen molar-refractivity contribution in [2.45, 2.75) is 0 Å². The third kappa shape index (κ3) is 5.06. The number of fused-ring (bicyclic) bond motifs is 2. The second kappa shape index (κ2) is 9.16. The van der Waals surface area contributed by atoms with Crippen LogP contribution in [-0.4, -0.2) is 45.2 Å². The van der Waals surface area contributed by atoms with Crippen molar-refractivity contribution in [2.75, 3.05) is 0 Å². The topological polar surface area (TPSA) is 74.6 Å². The molecule has 4 rings (SSSR count). The Morgan fingerprint density at radius 3 is 1.19 bits per heavy atom. The summed E-state index contributed by atoms with van der Waals surface area (Å²) in [5.41, 5.74) is 0.664. The highest BCUT2D eigenvalue weighted by atomic mass is 24.3. The van der Waals surface area contributed by atoms with E-state index in [4.69, 9.17) is 10.2 Å². The van der Waals surface area contributed by atoms with Crippen molar-refractivity contribution in [1.82, 2.24) is 0 Å². The Morgan fingerprint density at radius 2 is 0.852 bits per heavy atom. The summed E-state index contributed by atoms with van der Waals surface area (Å²) < 4.78 is 0.